The van der Waals surface area contributed by atoms with Crippen molar-refractivity contribution < 1.29 is 19.9 Å². The van der Waals surface area contributed by atoms with E-state index in [1.165, 1.54) is 11.1 Å². The van der Waals surface area contributed by atoms with Gasteiger partial charge in [0.05, 0.1) is 42.6 Å². The van der Waals surface area contributed by atoms with E-state index >= 15 is 0 Å². The molecule has 0 aliphatic rings. The Hall–Kier alpha value is -4.29. The molecule has 2 aromatic carbocycles. The van der Waals surface area contributed by atoms with Crippen molar-refractivity contribution in [3.8, 4) is 17.0 Å². The Kier molecular flexibility index (Phi) is 7.17. The van der Waals surface area contributed by atoms with E-state index in [-0.39, 0.29) is 0 Å². The first kappa shape index (κ1) is 25.3. The van der Waals surface area contributed by atoms with E-state index in [4.69, 9.17) is 28.3 Å². The summed E-state index contributed by atoms with van der Waals surface area (Å²) >= 11 is 12.1. The predicted molar refractivity (Wildman–Crippen MR) is 128 cm³/mol. The lowest BCUT2D eigenvalue weighted by molar-refractivity contribution is -0.404. The quantitative estimate of drug-likeness (QED) is 0.251. The summed E-state index contributed by atoms with van der Waals surface area (Å²) in [6, 6.07) is 8.90. The summed E-state index contributed by atoms with van der Waals surface area (Å²) in [4.78, 5) is 32.3. The van der Waals surface area contributed by atoms with Gasteiger partial charge in [0.2, 0.25) is 0 Å². The molecule has 0 aliphatic carbocycles. The zero-order chi connectivity index (χ0) is 26.0. The van der Waals surface area contributed by atoms with E-state index in [0.717, 1.165) is 16.9 Å². The summed E-state index contributed by atoms with van der Waals surface area (Å²) < 4.78 is 1.86. The molecule has 12 nitrogen and oxygen atoms in total. The number of pyridine rings is 1. The molecule has 2 heterocycles. The van der Waals surface area contributed by atoms with Crippen molar-refractivity contribution in [3.63, 3.8) is 0 Å². The van der Waals surface area contributed by atoms with Gasteiger partial charge in [0.1, 0.15) is 0 Å². The lowest BCUT2D eigenvalue weighted by atomic mass is 10.1. The van der Waals surface area contributed by atoms with E-state index in [1.807, 2.05) is 10.6 Å². The Morgan fingerprint density at radius 1 is 0.857 bits per heavy atom. The van der Waals surface area contributed by atoms with Crippen molar-refractivity contribution in [2.24, 2.45) is 0 Å². The molecule has 4 aromatic rings. The number of aromatic hydroxyl groups is 1. The number of hydrogen-bond acceptors (Lipinski definition) is 8. The van der Waals surface area contributed by atoms with Crippen molar-refractivity contribution in [3.05, 3.63) is 100 Å². The van der Waals surface area contributed by atoms with Gasteiger partial charge in [-0.2, -0.15) is 0 Å². The standard InChI is InChI=1S/C15H12Cl2N2.C6H3N3O7/c1-9-3-4-11(5-10(9)2)14-8-19-7-12(16)6-13(17)15(19)18-14;10-6-4(8(13)14)1-3(7(11)12)2-5(6)9(15)16/h3-8H,1-2H3;1-2,10H. The third-order valence-corrected chi connectivity index (χ3v) is 5.42. The molecule has 2 aromatic heterocycles. The second kappa shape index (κ2) is 9.91. The molecule has 0 radical (unpaired) electrons. The van der Waals surface area contributed by atoms with Crippen LogP contribution in [0.5, 0.6) is 5.75 Å². The molecule has 0 aliphatic heterocycles. The number of nitro benzene ring substituents is 3. The Morgan fingerprint density at radius 2 is 1.46 bits per heavy atom. The van der Waals surface area contributed by atoms with Crippen LogP contribution in [0.25, 0.3) is 16.9 Å². The van der Waals surface area contributed by atoms with Crippen LogP contribution in [0.4, 0.5) is 17.1 Å². The molecule has 0 fully saturated rings. The van der Waals surface area contributed by atoms with Crippen molar-refractivity contribution in [2.75, 3.05) is 0 Å². The van der Waals surface area contributed by atoms with Gasteiger partial charge in [0.15, 0.2) is 5.65 Å². The first-order valence-electron chi connectivity index (χ1n) is 9.60. The third-order valence-electron chi connectivity index (χ3n) is 4.93. The number of nitro groups is 3. The van der Waals surface area contributed by atoms with E-state index in [1.54, 1.807) is 12.3 Å². The minimum absolute atomic E-state index is 0.447. The number of aromatic nitrogens is 2. The number of phenols is 1. The number of aryl methyl sites for hydroxylation is 2. The van der Waals surface area contributed by atoms with Gasteiger partial charge in [-0.25, -0.2) is 4.98 Å². The number of non-ortho nitro benzene ring substituents is 1. The summed E-state index contributed by atoms with van der Waals surface area (Å²) in [5, 5.41) is 41.4. The van der Waals surface area contributed by atoms with Gasteiger partial charge in [-0.05, 0) is 37.1 Å². The number of imidazole rings is 1. The molecule has 14 heteroatoms. The Bertz CT molecular complexity index is 1470. The average molecular weight is 520 g/mol. The maximum Gasteiger partial charge on any atom is 0.324 e. The molecule has 180 valence electrons. The first-order valence-corrected chi connectivity index (χ1v) is 10.4. The number of nitrogens with zero attached hydrogens (tertiary/aromatic N) is 5. The predicted octanol–water partition coefficient (Wildman–Crippen LogP) is 6.04. The van der Waals surface area contributed by atoms with Gasteiger partial charge in [-0.3, -0.25) is 30.3 Å². The molecule has 0 amide bonds. The van der Waals surface area contributed by atoms with E-state index < -0.39 is 37.6 Å². The summed E-state index contributed by atoms with van der Waals surface area (Å²) in [7, 11) is 0. The second-order valence-electron chi connectivity index (χ2n) is 7.27. The van der Waals surface area contributed by atoms with Crippen LogP contribution in [-0.4, -0.2) is 29.3 Å². The fourth-order valence-electron chi connectivity index (χ4n) is 3.04. The molecule has 0 saturated carbocycles. The zero-order valence-electron chi connectivity index (χ0n) is 18.0. The van der Waals surface area contributed by atoms with Crippen LogP contribution in [0, 0.1) is 44.2 Å². The third kappa shape index (κ3) is 5.45. The molecule has 35 heavy (non-hydrogen) atoms. The number of benzene rings is 2. The van der Waals surface area contributed by atoms with Crippen LogP contribution >= 0.6 is 23.2 Å². The van der Waals surface area contributed by atoms with Crippen LogP contribution < -0.4 is 0 Å². The maximum absolute atomic E-state index is 10.4. The van der Waals surface area contributed by atoms with Gasteiger partial charge in [0, 0.05) is 18.0 Å². The Labute approximate surface area is 206 Å². The fraction of sp³-hybridized carbons (Fsp3) is 0.0952. The largest absolute Gasteiger partial charge is 0.497 e. The van der Waals surface area contributed by atoms with Gasteiger partial charge >= 0.3 is 11.4 Å². The Balaban J connectivity index is 0.000000199. The first-order chi connectivity index (χ1) is 16.4. The molecular weight excluding hydrogens is 505 g/mol. The van der Waals surface area contributed by atoms with Crippen LogP contribution in [0.2, 0.25) is 10.0 Å². The highest BCUT2D eigenvalue weighted by molar-refractivity contribution is 6.36. The topological polar surface area (TPSA) is 167 Å². The molecule has 1 N–H and O–H groups in total. The van der Waals surface area contributed by atoms with Crippen molar-refractivity contribution in [1.29, 1.82) is 0 Å². The second-order valence-corrected chi connectivity index (χ2v) is 8.11. The fourth-order valence-corrected chi connectivity index (χ4v) is 3.57. The van der Waals surface area contributed by atoms with Crippen LogP contribution in [-0.2, 0) is 0 Å². The SMILES string of the molecule is Cc1ccc(-c2cn3cc(Cl)cc(Cl)c3n2)cc1C.O=[N+]([O-])c1cc([N+](=O)[O-])c(O)c([N+](=O)[O-])c1. The van der Waals surface area contributed by atoms with E-state index in [0.29, 0.717) is 22.2 Å². The van der Waals surface area contributed by atoms with Crippen molar-refractivity contribution in [1.82, 2.24) is 9.38 Å². The van der Waals surface area contributed by atoms with Gasteiger partial charge in [0.25, 0.3) is 11.4 Å². The molecule has 0 bridgehead atoms. The van der Waals surface area contributed by atoms with Gasteiger partial charge in [-0.15, -0.1) is 0 Å². The van der Waals surface area contributed by atoms with Crippen LogP contribution in [0.15, 0.2) is 48.8 Å². The van der Waals surface area contributed by atoms with Crippen LogP contribution in [0.1, 0.15) is 11.1 Å². The molecule has 0 spiro atoms. The zero-order valence-corrected chi connectivity index (χ0v) is 19.5. The normalized spacial score (nSPS) is 10.5. The molecule has 0 unspecified atom stereocenters. The number of hydrogen-bond donors (Lipinski definition) is 1. The minimum Gasteiger partial charge on any atom is -0.497 e. The highest BCUT2D eigenvalue weighted by atomic mass is 35.5. The van der Waals surface area contributed by atoms with Gasteiger partial charge in [-0.1, -0.05) is 35.3 Å². The summed E-state index contributed by atoms with van der Waals surface area (Å²) in [5.41, 5.74) is 2.22. The monoisotopic (exact) mass is 519 g/mol. The highest BCUT2D eigenvalue weighted by Crippen LogP contribution is 2.39. The number of rotatable bonds is 4. The molecular formula is C21H15Cl2N5O7. The summed E-state index contributed by atoms with van der Waals surface area (Å²) in [6.07, 6.45) is 3.75. The molecule has 4 rings (SSSR count). The van der Waals surface area contributed by atoms with E-state index in [9.17, 15) is 30.3 Å². The lowest BCUT2D eigenvalue weighted by Gasteiger charge is -2.01. The van der Waals surface area contributed by atoms with Gasteiger partial charge < -0.3 is 9.51 Å². The minimum atomic E-state index is -1.21. The number of halogens is 2. The summed E-state index contributed by atoms with van der Waals surface area (Å²) in [5.74, 6) is -1.21. The highest BCUT2D eigenvalue weighted by Gasteiger charge is 2.30. The Morgan fingerprint density at radius 3 is 1.97 bits per heavy atom. The molecule has 0 saturated heterocycles. The maximum atomic E-state index is 10.4. The smallest absolute Gasteiger partial charge is 0.324 e. The van der Waals surface area contributed by atoms with Crippen LogP contribution in [0.3, 0.4) is 0 Å². The van der Waals surface area contributed by atoms with E-state index in [2.05, 4.69) is 37.0 Å². The van der Waals surface area contributed by atoms with Crippen molar-refractivity contribution in [2.45, 2.75) is 13.8 Å². The average Bonchev–Trinajstić information content (AvgIpc) is 3.20. The van der Waals surface area contributed by atoms with Crippen molar-refractivity contribution >= 4 is 45.9 Å². The summed E-state index contributed by atoms with van der Waals surface area (Å²) in [6.45, 7) is 4.19. The number of fused-ring (bicyclic) bond motifs is 1. The lowest BCUT2D eigenvalue weighted by Crippen LogP contribution is -1.97. The number of phenolic OH excluding ortho intramolecular Hbond substituents is 1. The molecule has 0 atom stereocenters.